The monoisotopic (exact) mass is 267 g/mol. The molecule has 1 aliphatic rings. The lowest BCUT2D eigenvalue weighted by atomic mass is 10.1. The Labute approximate surface area is 111 Å². The van der Waals surface area contributed by atoms with Crippen molar-refractivity contribution < 1.29 is 24.5 Å². The van der Waals surface area contributed by atoms with Crippen molar-refractivity contribution in [1.29, 1.82) is 0 Å². The summed E-state index contributed by atoms with van der Waals surface area (Å²) in [5, 5.41) is 18.5. The zero-order valence-corrected chi connectivity index (χ0v) is 10.9. The van der Waals surface area contributed by atoms with Crippen LogP contribution in [-0.4, -0.2) is 48.6 Å². The van der Waals surface area contributed by atoms with Crippen molar-refractivity contribution in [3.8, 4) is 11.5 Å². The number of carbonyl (C=O) groups is 1. The number of fused-ring (bicyclic) bond motifs is 1. The normalized spacial score (nSPS) is 19.7. The van der Waals surface area contributed by atoms with Crippen LogP contribution in [0.5, 0.6) is 11.5 Å². The topological polar surface area (TPSA) is 79.2 Å². The van der Waals surface area contributed by atoms with E-state index in [1.165, 1.54) is 12.0 Å². The van der Waals surface area contributed by atoms with E-state index >= 15 is 0 Å². The van der Waals surface area contributed by atoms with Gasteiger partial charge in [-0.2, -0.15) is 0 Å². The van der Waals surface area contributed by atoms with E-state index in [1.54, 1.807) is 25.1 Å². The fraction of sp³-hybridized carbons (Fsp3) is 0.462. The lowest BCUT2D eigenvalue weighted by Gasteiger charge is -2.34. The molecule has 0 radical (unpaired) electrons. The largest absolute Gasteiger partial charge is 0.497 e. The van der Waals surface area contributed by atoms with Gasteiger partial charge in [0.05, 0.1) is 32.1 Å². The highest BCUT2D eigenvalue weighted by molar-refractivity contribution is 6.00. The van der Waals surface area contributed by atoms with Gasteiger partial charge in [-0.15, -0.1) is 0 Å². The molecule has 0 fully saturated rings. The Kier molecular flexibility index (Phi) is 3.92. The smallest absolute Gasteiger partial charge is 0.267 e. The molecule has 0 saturated carbocycles. The van der Waals surface area contributed by atoms with Gasteiger partial charge >= 0.3 is 0 Å². The number of anilines is 1. The van der Waals surface area contributed by atoms with Gasteiger partial charge in [-0.3, -0.25) is 4.79 Å². The molecule has 1 amide bonds. The number of aliphatic hydroxyl groups is 2. The lowest BCUT2D eigenvalue weighted by molar-refractivity contribution is -0.126. The molecular formula is C13H17NO5. The Balaban J connectivity index is 2.38. The molecule has 1 aromatic carbocycles. The average Bonchev–Trinajstić information content (AvgIpc) is 2.43. The first kappa shape index (κ1) is 13.6. The van der Waals surface area contributed by atoms with Crippen molar-refractivity contribution in [1.82, 2.24) is 0 Å². The van der Waals surface area contributed by atoms with Crippen LogP contribution in [0.15, 0.2) is 18.2 Å². The molecule has 1 aliphatic heterocycles. The summed E-state index contributed by atoms with van der Waals surface area (Å²) in [5.74, 6) is 0.888. The van der Waals surface area contributed by atoms with Crippen molar-refractivity contribution in [3.05, 3.63) is 18.2 Å². The van der Waals surface area contributed by atoms with E-state index in [9.17, 15) is 9.90 Å². The molecule has 0 aliphatic carbocycles. The van der Waals surface area contributed by atoms with Crippen LogP contribution in [0.25, 0.3) is 0 Å². The third-order valence-electron chi connectivity index (χ3n) is 2.98. The third kappa shape index (κ3) is 2.64. The van der Waals surface area contributed by atoms with Crippen LogP contribution in [0, 0.1) is 0 Å². The lowest BCUT2D eigenvalue weighted by Crippen LogP contribution is -2.48. The van der Waals surface area contributed by atoms with Crippen molar-refractivity contribution in [2.24, 2.45) is 0 Å². The molecular weight excluding hydrogens is 250 g/mol. The summed E-state index contributed by atoms with van der Waals surface area (Å²) in [7, 11) is 1.53. The predicted octanol–water partition coefficient (Wildman–Crippen LogP) is 0.162. The van der Waals surface area contributed by atoms with Crippen LogP contribution >= 0.6 is 0 Å². The number of nitrogens with zero attached hydrogens (tertiary/aromatic N) is 1. The highest BCUT2D eigenvalue weighted by Gasteiger charge is 2.32. The summed E-state index contributed by atoms with van der Waals surface area (Å²) in [4.78, 5) is 13.5. The minimum Gasteiger partial charge on any atom is -0.497 e. The van der Waals surface area contributed by atoms with E-state index in [-0.39, 0.29) is 12.5 Å². The maximum absolute atomic E-state index is 12.1. The zero-order valence-electron chi connectivity index (χ0n) is 10.9. The first-order valence-electron chi connectivity index (χ1n) is 6.01. The Morgan fingerprint density at radius 3 is 2.89 bits per heavy atom. The van der Waals surface area contributed by atoms with Crippen LogP contribution in [-0.2, 0) is 4.79 Å². The van der Waals surface area contributed by atoms with Crippen LogP contribution in [0.4, 0.5) is 5.69 Å². The van der Waals surface area contributed by atoms with Crippen LogP contribution in [0.1, 0.15) is 6.92 Å². The van der Waals surface area contributed by atoms with Gasteiger partial charge < -0.3 is 24.6 Å². The summed E-state index contributed by atoms with van der Waals surface area (Å²) in [6, 6.07) is 5.13. The molecule has 104 valence electrons. The van der Waals surface area contributed by atoms with Gasteiger partial charge in [0.1, 0.15) is 11.5 Å². The number of rotatable bonds is 4. The quantitative estimate of drug-likeness (QED) is 0.812. The molecule has 2 N–H and O–H groups in total. The standard InChI is InChI=1S/C13H17NO5/c1-8-13(17)14(6-9(16)7-15)11-5-10(18-2)3-4-12(11)19-8/h3-5,8-9,15-16H,6-7H2,1-2H3. The minimum atomic E-state index is -0.992. The number of ether oxygens (including phenoxy) is 2. The second-order valence-electron chi connectivity index (χ2n) is 4.38. The van der Waals surface area contributed by atoms with Crippen molar-refractivity contribution >= 4 is 11.6 Å². The number of β-amino-alcohol motifs (C(OH)–C–C–N with tert-alkyl or cyclic N) is 1. The van der Waals surface area contributed by atoms with E-state index in [2.05, 4.69) is 0 Å². The van der Waals surface area contributed by atoms with Gasteiger partial charge in [0.15, 0.2) is 6.10 Å². The van der Waals surface area contributed by atoms with Crippen molar-refractivity contribution in [2.45, 2.75) is 19.1 Å². The van der Waals surface area contributed by atoms with Gasteiger partial charge in [0.2, 0.25) is 0 Å². The fourth-order valence-corrected chi connectivity index (χ4v) is 1.97. The Morgan fingerprint density at radius 1 is 1.53 bits per heavy atom. The van der Waals surface area contributed by atoms with Crippen molar-refractivity contribution in [2.75, 3.05) is 25.2 Å². The molecule has 6 heteroatoms. The second-order valence-corrected chi connectivity index (χ2v) is 4.38. The Bertz CT molecular complexity index is 476. The van der Waals surface area contributed by atoms with Gasteiger partial charge in [-0.25, -0.2) is 0 Å². The molecule has 0 saturated heterocycles. The fourth-order valence-electron chi connectivity index (χ4n) is 1.97. The van der Waals surface area contributed by atoms with Crippen molar-refractivity contribution in [3.63, 3.8) is 0 Å². The average molecular weight is 267 g/mol. The molecule has 1 aromatic rings. The number of hydrogen-bond acceptors (Lipinski definition) is 5. The number of aliphatic hydroxyl groups excluding tert-OH is 2. The maximum Gasteiger partial charge on any atom is 0.267 e. The summed E-state index contributed by atoms with van der Waals surface area (Å²) < 4.78 is 10.6. The van der Waals surface area contributed by atoms with Gasteiger partial charge in [0.25, 0.3) is 5.91 Å². The number of amides is 1. The third-order valence-corrected chi connectivity index (χ3v) is 2.98. The minimum absolute atomic E-state index is 0.0171. The number of benzene rings is 1. The summed E-state index contributed by atoms with van der Waals surface area (Å²) >= 11 is 0. The molecule has 2 rings (SSSR count). The van der Waals surface area contributed by atoms with E-state index in [0.29, 0.717) is 17.2 Å². The first-order chi connectivity index (χ1) is 9.06. The summed E-state index contributed by atoms with van der Waals surface area (Å²) in [5.41, 5.74) is 0.537. The molecule has 0 bridgehead atoms. The number of hydrogen-bond donors (Lipinski definition) is 2. The van der Waals surface area contributed by atoms with Crippen LogP contribution in [0.3, 0.4) is 0 Å². The van der Waals surface area contributed by atoms with E-state index in [4.69, 9.17) is 14.6 Å². The second kappa shape index (κ2) is 5.46. The Morgan fingerprint density at radius 2 is 2.26 bits per heavy atom. The Hall–Kier alpha value is -1.79. The maximum atomic E-state index is 12.1. The molecule has 1 heterocycles. The molecule has 0 spiro atoms. The summed E-state index contributed by atoms with van der Waals surface area (Å²) in [6.45, 7) is 1.26. The van der Waals surface area contributed by atoms with E-state index in [0.717, 1.165) is 0 Å². The number of carbonyl (C=O) groups excluding carboxylic acids is 1. The van der Waals surface area contributed by atoms with Crippen LogP contribution < -0.4 is 14.4 Å². The SMILES string of the molecule is COc1ccc2c(c1)N(CC(O)CO)C(=O)C(C)O2. The van der Waals surface area contributed by atoms with E-state index in [1.807, 2.05) is 0 Å². The summed E-state index contributed by atoms with van der Waals surface area (Å²) in [6.07, 6.45) is -1.61. The van der Waals surface area contributed by atoms with Crippen LogP contribution in [0.2, 0.25) is 0 Å². The highest BCUT2D eigenvalue weighted by Crippen LogP contribution is 2.36. The number of methoxy groups -OCH3 is 1. The molecule has 2 unspecified atom stereocenters. The van der Waals surface area contributed by atoms with Gasteiger partial charge in [-0.1, -0.05) is 0 Å². The predicted molar refractivity (Wildman–Crippen MR) is 68.5 cm³/mol. The first-order valence-corrected chi connectivity index (χ1v) is 6.01. The molecule has 19 heavy (non-hydrogen) atoms. The molecule has 6 nitrogen and oxygen atoms in total. The van der Waals surface area contributed by atoms with Gasteiger partial charge in [0, 0.05) is 6.07 Å². The highest BCUT2D eigenvalue weighted by atomic mass is 16.5. The van der Waals surface area contributed by atoms with Gasteiger partial charge in [-0.05, 0) is 19.1 Å². The molecule has 2 atom stereocenters. The molecule has 0 aromatic heterocycles. The van der Waals surface area contributed by atoms with E-state index < -0.39 is 18.8 Å². The zero-order chi connectivity index (χ0) is 14.0.